The Kier molecular flexibility index (Phi) is 5.41. The predicted octanol–water partition coefficient (Wildman–Crippen LogP) is 3.39. The smallest absolute Gasteiger partial charge is 0.250 e. The molecule has 0 saturated heterocycles. The third kappa shape index (κ3) is 3.78. The van der Waals surface area contributed by atoms with Crippen LogP contribution in [0.5, 0.6) is 5.75 Å². The summed E-state index contributed by atoms with van der Waals surface area (Å²) in [6, 6.07) is 14.2. The molecule has 22 heavy (non-hydrogen) atoms. The molecule has 4 nitrogen and oxygen atoms in total. The Hall–Kier alpha value is -2.04. The molecule has 0 fully saturated rings. The second-order valence-electron chi connectivity index (χ2n) is 4.91. The highest BCUT2D eigenvalue weighted by Gasteiger charge is 2.23. The van der Waals surface area contributed by atoms with Crippen LogP contribution in [0, 0.1) is 0 Å². The fraction of sp³-hybridized carbons (Fsp3) is 0.235. The number of ether oxygens (including phenoxy) is 1. The molecule has 2 aromatic carbocycles. The minimum atomic E-state index is -1.39. The Morgan fingerprint density at radius 2 is 1.91 bits per heavy atom. The number of aliphatic hydroxyl groups excluding tert-OH is 1. The first-order valence-corrected chi connectivity index (χ1v) is 7.39. The number of hydrogen-bond acceptors (Lipinski definition) is 3. The van der Waals surface area contributed by atoms with Gasteiger partial charge in [-0.05, 0) is 36.2 Å². The fourth-order valence-corrected chi connectivity index (χ4v) is 2.44. The van der Waals surface area contributed by atoms with Crippen molar-refractivity contribution in [3.05, 3.63) is 64.7 Å². The van der Waals surface area contributed by atoms with Crippen molar-refractivity contribution in [1.82, 2.24) is 0 Å². The van der Waals surface area contributed by atoms with Crippen molar-refractivity contribution in [2.45, 2.75) is 25.6 Å². The first kappa shape index (κ1) is 16.3. The van der Waals surface area contributed by atoms with Crippen LogP contribution < -0.4 is 10.5 Å². The summed E-state index contributed by atoms with van der Waals surface area (Å²) >= 11 is 6.05. The lowest BCUT2D eigenvalue weighted by Gasteiger charge is -2.22. The molecule has 116 valence electrons. The summed E-state index contributed by atoms with van der Waals surface area (Å²) in [5.41, 5.74) is 6.28. The number of aliphatic hydroxyl groups is 1. The van der Waals surface area contributed by atoms with E-state index in [1.807, 2.05) is 37.3 Å². The Bertz CT molecular complexity index is 646. The second kappa shape index (κ2) is 7.29. The highest BCUT2D eigenvalue weighted by Crippen LogP contribution is 2.32. The van der Waals surface area contributed by atoms with Gasteiger partial charge in [-0.3, -0.25) is 4.79 Å². The van der Waals surface area contributed by atoms with Crippen LogP contribution in [0.1, 0.15) is 36.7 Å². The molecule has 0 bridgehead atoms. The molecule has 0 spiro atoms. The van der Waals surface area contributed by atoms with E-state index >= 15 is 0 Å². The van der Waals surface area contributed by atoms with Gasteiger partial charge in [-0.15, -0.1) is 0 Å². The number of amides is 1. The quantitative estimate of drug-likeness (QED) is 0.857. The van der Waals surface area contributed by atoms with E-state index in [-0.39, 0.29) is 6.10 Å². The third-order valence-electron chi connectivity index (χ3n) is 3.35. The Labute approximate surface area is 134 Å². The molecule has 0 aliphatic heterocycles. The molecule has 1 amide bonds. The predicted molar refractivity (Wildman–Crippen MR) is 85.7 cm³/mol. The zero-order valence-electron chi connectivity index (χ0n) is 12.2. The van der Waals surface area contributed by atoms with Crippen molar-refractivity contribution in [3.8, 4) is 5.75 Å². The highest BCUT2D eigenvalue weighted by atomic mass is 35.5. The van der Waals surface area contributed by atoms with Gasteiger partial charge >= 0.3 is 0 Å². The van der Waals surface area contributed by atoms with Gasteiger partial charge in [-0.25, -0.2) is 0 Å². The summed E-state index contributed by atoms with van der Waals surface area (Å²) < 4.78 is 5.95. The van der Waals surface area contributed by atoms with Crippen LogP contribution in [0.2, 0.25) is 5.02 Å². The minimum absolute atomic E-state index is 0.343. The van der Waals surface area contributed by atoms with Gasteiger partial charge < -0.3 is 15.6 Å². The van der Waals surface area contributed by atoms with E-state index in [2.05, 4.69) is 0 Å². The number of carbonyl (C=O) groups is 1. The lowest BCUT2D eigenvalue weighted by Crippen LogP contribution is -2.23. The SMILES string of the molecule is CCC(Oc1ccccc1)c1cc(Cl)ccc1C(O)C(N)=O. The highest BCUT2D eigenvalue weighted by molar-refractivity contribution is 6.30. The molecule has 0 aliphatic carbocycles. The molecule has 5 heteroatoms. The molecule has 0 aromatic heterocycles. The number of rotatable bonds is 6. The van der Waals surface area contributed by atoms with Crippen molar-refractivity contribution < 1.29 is 14.6 Å². The van der Waals surface area contributed by atoms with Crippen LogP contribution in [0.25, 0.3) is 0 Å². The first-order valence-electron chi connectivity index (χ1n) is 7.01. The molecular formula is C17H18ClNO3. The molecule has 0 saturated carbocycles. The van der Waals surface area contributed by atoms with Gasteiger partial charge in [0.05, 0.1) is 0 Å². The van der Waals surface area contributed by atoms with E-state index in [4.69, 9.17) is 22.1 Å². The number of carbonyl (C=O) groups excluding carboxylic acids is 1. The van der Waals surface area contributed by atoms with Gasteiger partial charge in [-0.1, -0.05) is 42.8 Å². The zero-order valence-corrected chi connectivity index (χ0v) is 13.0. The van der Waals surface area contributed by atoms with Gasteiger partial charge in [-0.2, -0.15) is 0 Å². The van der Waals surface area contributed by atoms with E-state index in [9.17, 15) is 9.90 Å². The van der Waals surface area contributed by atoms with Crippen molar-refractivity contribution >= 4 is 17.5 Å². The maximum atomic E-state index is 11.3. The number of nitrogens with two attached hydrogens (primary N) is 1. The molecule has 2 atom stereocenters. The molecule has 0 aliphatic rings. The number of halogens is 1. The van der Waals surface area contributed by atoms with E-state index < -0.39 is 12.0 Å². The summed E-state index contributed by atoms with van der Waals surface area (Å²) in [5.74, 6) is -0.105. The van der Waals surface area contributed by atoms with E-state index in [1.54, 1.807) is 18.2 Å². The molecule has 2 aromatic rings. The van der Waals surface area contributed by atoms with E-state index in [0.29, 0.717) is 28.3 Å². The maximum absolute atomic E-state index is 11.3. The average molecular weight is 320 g/mol. The van der Waals surface area contributed by atoms with E-state index in [1.165, 1.54) is 0 Å². The standard InChI is InChI=1S/C17H18ClNO3/c1-2-15(22-12-6-4-3-5-7-12)14-10-11(18)8-9-13(14)16(20)17(19)21/h3-10,15-16,20H,2H2,1H3,(H2,19,21). The van der Waals surface area contributed by atoms with Crippen LogP contribution in [-0.4, -0.2) is 11.0 Å². The summed E-state index contributed by atoms with van der Waals surface area (Å²) in [6.45, 7) is 1.95. The van der Waals surface area contributed by atoms with Crippen molar-refractivity contribution in [2.75, 3.05) is 0 Å². The summed E-state index contributed by atoms with van der Waals surface area (Å²) in [7, 11) is 0. The Morgan fingerprint density at radius 1 is 1.23 bits per heavy atom. The molecule has 0 heterocycles. The maximum Gasteiger partial charge on any atom is 0.250 e. The van der Waals surface area contributed by atoms with Crippen LogP contribution in [0.4, 0.5) is 0 Å². The fourth-order valence-electron chi connectivity index (χ4n) is 2.26. The summed E-state index contributed by atoms with van der Waals surface area (Å²) in [4.78, 5) is 11.3. The molecule has 0 radical (unpaired) electrons. The van der Waals surface area contributed by atoms with Gasteiger partial charge in [0, 0.05) is 10.6 Å². The normalized spacial score (nSPS) is 13.4. The first-order chi connectivity index (χ1) is 10.5. The van der Waals surface area contributed by atoms with Gasteiger partial charge in [0.15, 0.2) is 6.10 Å². The molecule has 2 unspecified atom stereocenters. The minimum Gasteiger partial charge on any atom is -0.486 e. The number of benzene rings is 2. The summed E-state index contributed by atoms with van der Waals surface area (Å²) in [5, 5.41) is 10.5. The Balaban J connectivity index is 2.39. The molecular weight excluding hydrogens is 302 g/mol. The largest absolute Gasteiger partial charge is 0.486 e. The van der Waals surface area contributed by atoms with Gasteiger partial charge in [0.2, 0.25) is 0 Å². The Morgan fingerprint density at radius 3 is 2.50 bits per heavy atom. The molecule has 2 rings (SSSR count). The van der Waals surface area contributed by atoms with Crippen LogP contribution in [0.3, 0.4) is 0 Å². The average Bonchev–Trinajstić information content (AvgIpc) is 2.52. The van der Waals surface area contributed by atoms with Crippen LogP contribution in [-0.2, 0) is 4.79 Å². The zero-order chi connectivity index (χ0) is 16.1. The lowest BCUT2D eigenvalue weighted by molar-refractivity contribution is -0.126. The molecule has 3 N–H and O–H groups in total. The topological polar surface area (TPSA) is 72.6 Å². The lowest BCUT2D eigenvalue weighted by atomic mass is 9.96. The third-order valence-corrected chi connectivity index (χ3v) is 3.59. The number of para-hydroxylation sites is 1. The number of hydrogen-bond donors (Lipinski definition) is 2. The van der Waals surface area contributed by atoms with Crippen LogP contribution in [0.15, 0.2) is 48.5 Å². The number of primary amides is 1. The van der Waals surface area contributed by atoms with Gasteiger partial charge in [0.1, 0.15) is 11.9 Å². The monoisotopic (exact) mass is 319 g/mol. The van der Waals surface area contributed by atoms with Crippen molar-refractivity contribution in [3.63, 3.8) is 0 Å². The van der Waals surface area contributed by atoms with Crippen LogP contribution >= 0.6 is 11.6 Å². The van der Waals surface area contributed by atoms with E-state index in [0.717, 1.165) is 0 Å². The van der Waals surface area contributed by atoms with Crippen molar-refractivity contribution in [2.24, 2.45) is 5.73 Å². The summed E-state index contributed by atoms with van der Waals surface area (Å²) in [6.07, 6.45) is -1.08. The van der Waals surface area contributed by atoms with Crippen molar-refractivity contribution in [1.29, 1.82) is 0 Å². The van der Waals surface area contributed by atoms with Gasteiger partial charge in [0.25, 0.3) is 5.91 Å². The second-order valence-corrected chi connectivity index (χ2v) is 5.34.